The normalized spacial score (nSPS) is 10.8. The number of Topliss-reactive ketones (excluding diaryl/α,β-unsaturated/α-hetero) is 1. The van der Waals surface area contributed by atoms with E-state index in [-0.39, 0.29) is 5.78 Å². The van der Waals surface area contributed by atoms with Gasteiger partial charge < -0.3 is 4.57 Å². The molecule has 0 saturated carbocycles. The van der Waals surface area contributed by atoms with E-state index in [9.17, 15) is 4.79 Å². The van der Waals surface area contributed by atoms with Gasteiger partial charge in [-0.1, -0.05) is 18.2 Å². The van der Waals surface area contributed by atoms with E-state index in [1.807, 2.05) is 48.3 Å². The Balaban J connectivity index is 2.57. The molecule has 1 heterocycles. The second-order valence-electron chi connectivity index (χ2n) is 3.53. The third-order valence-electron chi connectivity index (χ3n) is 2.47. The van der Waals surface area contributed by atoms with Gasteiger partial charge in [-0.15, -0.1) is 0 Å². The lowest BCUT2D eigenvalue weighted by Gasteiger charge is -1.95. The summed E-state index contributed by atoms with van der Waals surface area (Å²) in [5.74, 6) is 0.757. The van der Waals surface area contributed by atoms with Crippen molar-refractivity contribution in [1.29, 1.82) is 0 Å². The number of hydrogen-bond acceptors (Lipinski definition) is 2. The molecule has 1 aromatic carbocycles. The molecule has 0 bridgehead atoms. The summed E-state index contributed by atoms with van der Waals surface area (Å²) < 4.78 is 2.00. The predicted molar refractivity (Wildman–Crippen MR) is 65.6 cm³/mol. The SMILES string of the molecule is CSCC(=O)c1cn(C)c2ccccc12. The van der Waals surface area contributed by atoms with Gasteiger partial charge >= 0.3 is 0 Å². The number of carbonyl (C=O) groups excluding carboxylic acids is 1. The van der Waals surface area contributed by atoms with Crippen LogP contribution >= 0.6 is 11.8 Å². The monoisotopic (exact) mass is 219 g/mol. The minimum Gasteiger partial charge on any atom is -0.350 e. The molecule has 0 spiro atoms. The Morgan fingerprint density at radius 1 is 1.40 bits per heavy atom. The van der Waals surface area contributed by atoms with Crippen LogP contribution in [0.25, 0.3) is 10.9 Å². The quantitative estimate of drug-likeness (QED) is 0.740. The fraction of sp³-hybridized carbons (Fsp3) is 0.250. The van der Waals surface area contributed by atoms with Crippen molar-refractivity contribution in [2.75, 3.05) is 12.0 Å². The minimum atomic E-state index is 0.208. The maximum atomic E-state index is 11.8. The fourth-order valence-electron chi connectivity index (χ4n) is 1.77. The molecule has 0 N–H and O–H groups in total. The van der Waals surface area contributed by atoms with Crippen molar-refractivity contribution in [1.82, 2.24) is 4.57 Å². The van der Waals surface area contributed by atoms with E-state index < -0.39 is 0 Å². The molecular formula is C12H13NOS. The summed E-state index contributed by atoms with van der Waals surface area (Å²) in [6.45, 7) is 0. The zero-order valence-electron chi connectivity index (χ0n) is 8.86. The molecule has 3 heteroatoms. The number of aromatic nitrogens is 1. The van der Waals surface area contributed by atoms with Gasteiger partial charge in [-0.25, -0.2) is 0 Å². The average Bonchev–Trinajstić information content (AvgIpc) is 2.58. The number of nitrogens with zero attached hydrogens (tertiary/aromatic N) is 1. The molecule has 1 aromatic heterocycles. The number of benzene rings is 1. The molecular weight excluding hydrogens is 206 g/mol. The number of fused-ring (bicyclic) bond motifs is 1. The van der Waals surface area contributed by atoms with Gasteiger partial charge in [0.2, 0.25) is 0 Å². The predicted octanol–water partition coefficient (Wildman–Crippen LogP) is 2.72. The third-order valence-corrected chi connectivity index (χ3v) is 3.02. The van der Waals surface area contributed by atoms with E-state index >= 15 is 0 Å². The Bertz CT molecular complexity index is 501. The second kappa shape index (κ2) is 4.11. The van der Waals surface area contributed by atoms with Crippen LogP contribution in [-0.2, 0) is 7.05 Å². The molecule has 2 rings (SSSR count). The molecule has 0 atom stereocenters. The highest BCUT2D eigenvalue weighted by Crippen LogP contribution is 2.21. The molecule has 0 fully saturated rings. The van der Waals surface area contributed by atoms with Crippen LogP contribution in [0, 0.1) is 0 Å². The summed E-state index contributed by atoms with van der Waals surface area (Å²) in [6, 6.07) is 8.00. The first-order valence-electron chi connectivity index (χ1n) is 4.80. The minimum absolute atomic E-state index is 0.208. The number of thioether (sulfide) groups is 1. The van der Waals surface area contributed by atoms with E-state index in [1.165, 1.54) is 0 Å². The van der Waals surface area contributed by atoms with Crippen molar-refractivity contribution in [2.45, 2.75) is 0 Å². The molecule has 78 valence electrons. The first-order valence-corrected chi connectivity index (χ1v) is 6.19. The standard InChI is InChI=1S/C12H13NOS/c1-13-7-10(12(14)8-15-2)9-5-3-4-6-11(9)13/h3-7H,8H2,1-2H3. The summed E-state index contributed by atoms with van der Waals surface area (Å²) in [5.41, 5.74) is 1.95. The highest BCUT2D eigenvalue weighted by atomic mass is 32.2. The van der Waals surface area contributed by atoms with Crippen LogP contribution in [0.2, 0.25) is 0 Å². The Morgan fingerprint density at radius 3 is 2.87 bits per heavy atom. The number of aryl methyl sites for hydroxylation is 1. The lowest BCUT2D eigenvalue weighted by molar-refractivity contribution is 0.102. The van der Waals surface area contributed by atoms with E-state index in [0.29, 0.717) is 5.75 Å². The average molecular weight is 219 g/mol. The van der Waals surface area contributed by atoms with E-state index in [4.69, 9.17) is 0 Å². The summed E-state index contributed by atoms with van der Waals surface area (Å²) in [4.78, 5) is 11.8. The number of ketones is 1. The van der Waals surface area contributed by atoms with Gasteiger partial charge in [0.15, 0.2) is 5.78 Å². The van der Waals surface area contributed by atoms with Crippen LogP contribution in [0.4, 0.5) is 0 Å². The van der Waals surface area contributed by atoms with E-state index in [1.54, 1.807) is 11.8 Å². The lowest BCUT2D eigenvalue weighted by Crippen LogP contribution is -2.00. The fourth-order valence-corrected chi connectivity index (χ4v) is 2.19. The lowest BCUT2D eigenvalue weighted by atomic mass is 10.1. The number of carbonyl (C=O) groups is 1. The summed E-state index contributed by atoms with van der Waals surface area (Å²) >= 11 is 1.56. The van der Waals surface area contributed by atoms with Crippen molar-refractivity contribution < 1.29 is 4.79 Å². The summed E-state index contributed by atoms with van der Waals surface area (Å²) in [5, 5.41) is 1.05. The van der Waals surface area contributed by atoms with E-state index in [2.05, 4.69) is 0 Å². The Morgan fingerprint density at radius 2 is 2.13 bits per heavy atom. The van der Waals surface area contributed by atoms with Gasteiger partial charge in [0.05, 0.1) is 5.75 Å². The van der Waals surface area contributed by atoms with Crippen LogP contribution in [0.5, 0.6) is 0 Å². The van der Waals surface area contributed by atoms with Gasteiger partial charge in [0.25, 0.3) is 0 Å². The number of para-hydroxylation sites is 1. The second-order valence-corrected chi connectivity index (χ2v) is 4.39. The smallest absolute Gasteiger partial charge is 0.174 e. The molecule has 0 saturated heterocycles. The molecule has 2 nitrogen and oxygen atoms in total. The van der Waals surface area contributed by atoms with Crippen molar-refractivity contribution in [2.24, 2.45) is 7.05 Å². The van der Waals surface area contributed by atoms with Crippen molar-refractivity contribution in [3.05, 3.63) is 36.0 Å². The topological polar surface area (TPSA) is 22.0 Å². The molecule has 0 radical (unpaired) electrons. The Labute approximate surface area is 93.3 Å². The van der Waals surface area contributed by atoms with Gasteiger partial charge in [-0.2, -0.15) is 11.8 Å². The maximum absolute atomic E-state index is 11.8. The van der Waals surface area contributed by atoms with Crippen molar-refractivity contribution in [3.8, 4) is 0 Å². The van der Waals surface area contributed by atoms with Gasteiger partial charge in [0, 0.05) is 29.7 Å². The summed E-state index contributed by atoms with van der Waals surface area (Å²) in [6.07, 6.45) is 3.87. The third kappa shape index (κ3) is 1.79. The maximum Gasteiger partial charge on any atom is 0.174 e. The molecule has 0 aliphatic rings. The first kappa shape index (κ1) is 10.3. The van der Waals surface area contributed by atoms with E-state index in [0.717, 1.165) is 16.5 Å². The van der Waals surface area contributed by atoms with Crippen LogP contribution in [0.1, 0.15) is 10.4 Å². The summed E-state index contributed by atoms with van der Waals surface area (Å²) in [7, 11) is 1.97. The molecule has 15 heavy (non-hydrogen) atoms. The molecule has 0 aliphatic carbocycles. The highest BCUT2D eigenvalue weighted by molar-refractivity contribution is 7.99. The van der Waals surface area contributed by atoms with Crippen molar-refractivity contribution >= 4 is 28.4 Å². The number of rotatable bonds is 3. The van der Waals surface area contributed by atoms with Crippen LogP contribution in [-0.4, -0.2) is 22.4 Å². The van der Waals surface area contributed by atoms with Gasteiger partial charge in [0.1, 0.15) is 0 Å². The molecule has 2 aromatic rings. The molecule has 0 amide bonds. The van der Waals surface area contributed by atoms with Gasteiger partial charge in [-0.3, -0.25) is 4.79 Å². The molecule has 0 aliphatic heterocycles. The zero-order chi connectivity index (χ0) is 10.8. The van der Waals surface area contributed by atoms with Crippen LogP contribution in [0.15, 0.2) is 30.5 Å². The molecule has 0 unspecified atom stereocenters. The van der Waals surface area contributed by atoms with Crippen LogP contribution < -0.4 is 0 Å². The number of hydrogen-bond donors (Lipinski definition) is 0. The Hall–Kier alpha value is -1.22. The largest absolute Gasteiger partial charge is 0.350 e. The zero-order valence-corrected chi connectivity index (χ0v) is 9.67. The Kier molecular flexibility index (Phi) is 2.82. The highest BCUT2D eigenvalue weighted by Gasteiger charge is 2.12. The van der Waals surface area contributed by atoms with Gasteiger partial charge in [-0.05, 0) is 12.3 Å². The van der Waals surface area contributed by atoms with Crippen LogP contribution in [0.3, 0.4) is 0 Å². The van der Waals surface area contributed by atoms with Crippen molar-refractivity contribution in [3.63, 3.8) is 0 Å². The first-order chi connectivity index (χ1) is 7.24.